The second-order valence-corrected chi connectivity index (χ2v) is 5.44. The fraction of sp³-hybridized carbons (Fsp3) is 0.846. The number of carboxylic acids is 1. The summed E-state index contributed by atoms with van der Waals surface area (Å²) in [5, 5.41) is 11.9. The van der Waals surface area contributed by atoms with Gasteiger partial charge in [-0.3, -0.25) is 4.79 Å². The molecule has 0 atom stereocenters. The Labute approximate surface area is 108 Å². The molecule has 0 bridgehead atoms. The highest BCUT2D eigenvalue weighted by Crippen LogP contribution is 2.28. The van der Waals surface area contributed by atoms with Crippen LogP contribution in [-0.2, 0) is 4.79 Å². The van der Waals surface area contributed by atoms with Crippen LogP contribution in [0.15, 0.2) is 0 Å². The highest BCUT2D eigenvalue weighted by molar-refractivity contribution is 5.74. The van der Waals surface area contributed by atoms with Gasteiger partial charge in [-0.05, 0) is 44.4 Å². The molecule has 2 aliphatic rings. The molecular formula is C13H22N2O3. The van der Waals surface area contributed by atoms with Gasteiger partial charge in [0.1, 0.15) is 0 Å². The molecule has 1 saturated carbocycles. The van der Waals surface area contributed by atoms with E-state index in [1.165, 1.54) is 0 Å². The Morgan fingerprint density at radius 1 is 1.11 bits per heavy atom. The molecule has 5 heteroatoms. The number of carboxylic acid groups (broad SMARTS) is 1. The molecule has 1 saturated heterocycles. The minimum atomic E-state index is -0.672. The Morgan fingerprint density at radius 2 is 1.72 bits per heavy atom. The SMILES string of the molecule is O=C(O)C1CCC(CNC(=O)N2CCCC2)CC1. The molecule has 0 aromatic heterocycles. The van der Waals surface area contributed by atoms with Gasteiger partial charge in [0.2, 0.25) is 0 Å². The van der Waals surface area contributed by atoms with Crippen molar-refractivity contribution in [1.29, 1.82) is 0 Å². The van der Waals surface area contributed by atoms with Gasteiger partial charge >= 0.3 is 12.0 Å². The lowest BCUT2D eigenvalue weighted by atomic mass is 9.82. The van der Waals surface area contributed by atoms with Crippen LogP contribution >= 0.6 is 0 Å². The van der Waals surface area contributed by atoms with E-state index in [4.69, 9.17) is 5.11 Å². The van der Waals surface area contributed by atoms with Crippen LogP contribution < -0.4 is 5.32 Å². The van der Waals surface area contributed by atoms with Crippen molar-refractivity contribution in [3.8, 4) is 0 Å². The van der Waals surface area contributed by atoms with Crippen LogP contribution in [0.4, 0.5) is 4.79 Å². The lowest BCUT2D eigenvalue weighted by molar-refractivity contribution is -0.143. The molecular weight excluding hydrogens is 232 g/mol. The van der Waals surface area contributed by atoms with E-state index in [0.29, 0.717) is 12.5 Å². The third-order valence-electron chi connectivity index (χ3n) is 4.13. The summed E-state index contributed by atoms with van der Waals surface area (Å²) in [5.41, 5.74) is 0. The molecule has 18 heavy (non-hydrogen) atoms. The van der Waals surface area contributed by atoms with E-state index in [9.17, 15) is 9.59 Å². The van der Waals surface area contributed by atoms with Crippen molar-refractivity contribution in [2.75, 3.05) is 19.6 Å². The average molecular weight is 254 g/mol. The maximum absolute atomic E-state index is 11.8. The van der Waals surface area contributed by atoms with Crippen LogP contribution in [0.25, 0.3) is 0 Å². The number of aliphatic carboxylic acids is 1. The maximum atomic E-state index is 11.8. The summed E-state index contributed by atoms with van der Waals surface area (Å²) < 4.78 is 0. The zero-order valence-corrected chi connectivity index (χ0v) is 10.7. The third-order valence-corrected chi connectivity index (χ3v) is 4.13. The number of rotatable bonds is 3. The van der Waals surface area contributed by atoms with Crippen LogP contribution in [0.5, 0.6) is 0 Å². The van der Waals surface area contributed by atoms with Gasteiger partial charge in [-0.25, -0.2) is 4.79 Å². The first-order valence-electron chi connectivity index (χ1n) is 6.92. The number of nitrogens with zero attached hydrogens (tertiary/aromatic N) is 1. The molecule has 1 aliphatic carbocycles. The number of amides is 2. The van der Waals surface area contributed by atoms with E-state index >= 15 is 0 Å². The molecule has 0 radical (unpaired) electrons. The summed E-state index contributed by atoms with van der Waals surface area (Å²) in [5.74, 6) is -0.391. The molecule has 1 heterocycles. The Morgan fingerprint density at radius 3 is 2.28 bits per heavy atom. The first-order chi connectivity index (χ1) is 8.66. The normalized spacial score (nSPS) is 28.1. The highest BCUT2D eigenvalue weighted by Gasteiger charge is 2.26. The molecule has 5 nitrogen and oxygen atoms in total. The number of nitrogens with one attached hydrogen (secondary N) is 1. The summed E-state index contributed by atoms with van der Waals surface area (Å²) in [6.07, 6.45) is 5.54. The minimum Gasteiger partial charge on any atom is -0.481 e. The standard InChI is InChI=1S/C13H22N2O3/c16-12(17)11-5-3-10(4-6-11)9-14-13(18)15-7-1-2-8-15/h10-11H,1-9H2,(H,14,18)(H,16,17). The Bertz CT molecular complexity index is 305. The lowest BCUT2D eigenvalue weighted by Gasteiger charge is -2.27. The number of likely N-dealkylation sites (tertiary alicyclic amines) is 1. The fourth-order valence-electron chi connectivity index (χ4n) is 2.88. The molecule has 2 N–H and O–H groups in total. The van der Waals surface area contributed by atoms with Crippen LogP contribution in [0.2, 0.25) is 0 Å². The van der Waals surface area contributed by atoms with E-state index < -0.39 is 5.97 Å². The lowest BCUT2D eigenvalue weighted by Crippen LogP contribution is -2.40. The van der Waals surface area contributed by atoms with Gasteiger partial charge in [-0.2, -0.15) is 0 Å². The van der Waals surface area contributed by atoms with Crippen LogP contribution in [0, 0.1) is 11.8 Å². The quantitative estimate of drug-likeness (QED) is 0.805. The fourth-order valence-corrected chi connectivity index (χ4v) is 2.88. The molecule has 2 amide bonds. The third kappa shape index (κ3) is 3.37. The number of hydrogen-bond donors (Lipinski definition) is 2. The van der Waals surface area contributed by atoms with E-state index in [0.717, 1.165) is 51.6 Å². The second-order valence-electron chi connectivity index (χ2n) is 5.44. The molecule has 0 aromatic rings. The largest absolute Gasteiger partial charge is 0.481 e. The molecule has 2 fully saturated rings. The minimum absolute atomic E-state index is 0.0489. The van der Waals surface area contributed by atoms with Crippen molar-refractivity contribution in [1.82, 2.24) is 10.2 Å². The molecule has 0 unspecified atom stereocenters. The van der Waals surface area contributed by atoms with Gasteiger partial charge in [0.15, 0.2) is 0 Å². The first-order valence-corrected chi connectivity index (χ1v) is 6.92. The van der Waals surface area contributed by atoms with E-state index in [1.807, 2.05) is 4.90 Å². The van der Waals surface area contributed by atoms with Crippen molar-refractivity contribution in [3.05, 3.63) is 0 Å². The second kappa shape index (κ2) is 6.07. The van der Waals surface area contributed by atoms with Crippen molar-refractivity contribution in [3.63, 3.8) is 0 Å². The molecule has 0 aromatic carbocycles. The Balaban J connectivity index is 1.65. The number of hydrogen-bond acceptors (Lipinski definition) is 2. The summed E-state index contributed by atoms with van der Waals surface area (Å²) >= 11 is 0. The number of urea groups is 1. The van der Waals surface area contributed by atoms with Gasteiger partial charge < -0.3 is 15.3 Å². The Kier molecular flexibility index (Phi) is 4.44. The number of carbonyl (C=O) groups excluding carboxylic acids is 1. The molecule has 2 rings (SSSR count). The monoisotopic (exact) mass is 254 g/mol. The number of carbonyl (C=O) groups is 2. The molecule has 102 valence electrons. The predicted molar refractivity (Wildman–Crippen MR) is 67.3 cm³/mol. The van der Waals surface area contributed by atoms with Gasteiger partial charge in [0, 0.05) is 19.6 Å². The van der Waals surface area contributed by atoms with Crippen molar-refractivity contribution in [2.24, 2.45) is 11.8 Å². The van der Waals surface area contributed by atoms with Gasteiger partial charge in [0.25, 0.3) is 0 Å². The Hall–Kier alpha value is -1.26. The van der Waals surface area contributed by atoms with Crippen LogP contribution in [0.3, 0.4) is 0 Å². The summed E-state index contributed by atoms with van der Waals surface area (Å²) in [7, 11) is 0. The zero-order valence-electron chi connectivity index (χ0n) is 10.7. The van der Waals surface area contributed by atoms with Crippen LogP contribution in [-0.4, -0.2) is 41.6 Å². The summed E-state index contributed by atoms with van der Waals surface area (Å²) in [4.78, 5) is 24.5. The van der Waals surface area contributed by atoms with E-state index in [1.54, 1.807) is 0 Å². The summed E-state index contributed by atoms with van der Waals surface area (Å²) in [6, 6.07) is 0.0489. The van der Waals surface area contributed by atoms with E-state index in [-0.39, 0.29) is 11.9 Å². The molecule has 0 spiro atoms. The smallest absolute Gasteiger partial charge is 0.317 e. The van der Waals surface area contributed by atoms with Crippen molar-refractivity contribution >= 4 is 12.0 Å². The predicted octanol–water partition coefficient (Wildman–Crippen LogP) is 1.68. The average Bonchev–Trinajstić information content (AvgIpc) is 2.90. The van der Waals surface area contributed by atoms with Crippen LogP contribution in [0.1, 0.15) is 38.5 Å². The van der Waals surface area contributed by atoms with Gasteiger partial charge in [0.05, 0.1) is 5.92 Å². The van der Waals surface area contributed by atoms with E-state index in [2.05, 4.69) is 5.32 Å². The van der Waals surface area contributed by atoms with Crippen molar-refractivity contribution in [2.45, 2.75) is 38.5 Å². The highest BCUT2D eigenvalue weighted by atomic mass is 16.4. The molecule has 1 aliphatic heterocycles. The zero-order chi connectivity index (χ0) is 13.0. The summed E-state index contributed by atoms with van der Waals surface area (Å²) in [6.45, 7) is 2.44. The van der Waals surface area contributed by atoms with Gasteiger partial charge in [-0.1, -0.05) is 0 Å². The van der Waals surface area contributed by atoms with Crippen molar-refractivity contribution < 1.29 is 14.7 Å². The topological polar surface area (TPSA) is 69.6 Å². The maximum Gasteiger partial charge on any atom is 0.317 e. The van der Waals surface area contributed by atoms with Gasteiger partial charge in [-0.15, -0.1) is 0 Å². The first kappa shape index (κ1) is 13.2.